The van der Waals surface area contributed by atoms with Gasteiger partial charge in [-0.05, 0) is 48.1 Å². The van der Waals surface area contributed by atoms with Crippen LogP contribution in [0, 0.1) is 0 Å². The largest absolute Gasteiger partial charge is 0.339 e. The molecular weight excluding hydrogens is 578 g/mol. The summed E-state index contributed by atoms with van der Waals surface area (Å²) in [4.78, 5) is 42.7. The number of benzene rings is 2. The molecule has 1 aromatic heterocycles. The van der Waals surface area contributed by atoms with Crippen LogP contribution in [0.5, 0.6) is 0 Å². The average Bonchev–Trinajstić information content (AvgIpc) is 3.25. The molecule has 10 nitrogen and oxygen atoms in total. The van der Waals surface area contributed by atoms with Crippen molar-refractivity contribution < 1.29 is 22.9 Å². The zero-order valence-electron chi connectivity index (χ0n) is 25.5. The van der Waals surface area contributed by atoms with Gasteiger partial charge >= 0.3 is 0 Å². The summed E-state index contributed by atoms with van der Waals surface area (Å²) in [6.45, 7) is 3.94. The van der Waals surface area contributed by atoms with Gasteiger partial charge in [0.2, 0.25) is 5.91 Å². The van der Waals surface area contributed by atoms with Crippen LogP contribution in [0.1, 0.15) is 66.4 Å². The van der Waals surface area contributed by atoms with E-state index in [2.05, 4.69) is 22.2 Å². The molecule has 3 heterocycles. The van der Waals surface area contributed by atoms with Gasteiger partial charge in [-0.1, -0.05) is 49.6 Å². The first-order chi connectivity index (χ1) is 21.2. The number of hydrogen-bond donors (Lipinski definition) is 1. The fraction of sp³-hybridized carbons (Fsp3) is 0.424. The Morgan fingerprint density at radius 3 is 2.36 bits per heavy atom. The highest BCUT2D eigenvalue weighted by Crippen LogP contribution is 2.46. The SMILES string of the molecule is CC(=O)N1CCN(C(=O)C2=Cc3ccccc3-c3c(C4CCCCC4)c4ccc(C(=O)NOS(=O)N(C)C)cc4n3C2)CC1. The third-order valence-corrected chi connectivity index (χ3v) is 9.87. The molecule has 1 saturated heterocycles. The predicted molar refractivity (Wildman–Crippen MR) is 170 cm³/mol. The second-order valence-corrected chi connectivity index (χ2v) is 13.3. The first-order valence-corrected chi connectivity index (χ1v) is 16.3. The standard InChI is InChI=1S/C33H39N5O5S/c1-22(39)36-15-17-37(18-16-36)33(41)26-19-24-11-7-8-12-27(24)31-30(23-9-5-4-6-10-23)28-14-13-25(20-29(28)38(31)21-26)32(40)34-43-44(42)35(2)3/h7-8,11-14,19-20,23H,4-6,9-10,15-18,21H2,1-3H3,(H,34,40). The molecule has 2 aliphatic heterocycles. The van der Waals surface area contributed by atoms with Gasteiger partial charge < -0.3 is 14.4 Å². The van der Waals surface area contributed by atoms with Crippen LogP contribution < -0.4 is 5.48 Å². The molecule has 0 bridgehead atoms. The number of nitrogens with zero attached hydrogens (tertiary/aromatic N) is 4. The molecule has 1 N–H and O–H groups in total. The maximum Gasteiger partial charge on any atom is 0.276 e. The number of aromatic nitrogens is 1. The third-order valence-electron chi connectivity index (χ3n) is 9.04. The van der Waals surface area contributed by atoms with Crippen molar-refractivity contribution in [3.63, 3.8) is 0 Å². The van der Waals surface area contributed by atoms with E-state index in [4.69, 9.17) is 4.28 Å². The first-order valence-electron chi connectivity index (χ1n) is 15.3. The van der Waals surface area contributed by atoms with Crippen molar-refractivity contribution in [2.75, 3.05) is 40.3 Å². The fourth-order valence-corrected chi connectivity index (χ4v) is 7.08. The lowest BCUT2D eigenvalue weighted by atomic mass is 9.81. The topological polar surface area (TPSA) is 104 Å². The van der Waals surface area contributed by atoms with Crippen molar-refractivity contribution >= 4 is 46.0 Å². The number of piperazine rings is 1. The van der Waals surface area contributed by atoms with Crippen LogP contribution in [0.15, 0.2) is 48.0 Å². The quantitative estimate of drug-likeness (QED) is 0.417. The van der Waals surface area contributed by atoms with Crippen molar-refractivity contribution in [1.82, 2.24) is 24.2 Å². The van der Waals surface area contributed by atoms with Gasteiger partial charge in [0, 0.05) is 74.8 Å². The van der Waals surface area contributed by atoms with Gasteiger partial charge in [0.05, 0.1) is 12.2 Å². The zero-order valence-corrected chi connectivity index (χ0v) is 26.3. The Hall–Kier alpha value is -3.80. The van der Waals surface area contributed by atoms with Crippen LogP contribution in [-0.2, 0) is 31.7 Å². The minimum absolute atomic E-state index is 0.0246. The maximum atomic E-state index is 14.1. The van der Waals surface area contributed by atoms with E-state index < -0.39 is 17.2 Å². The van der Waals surface area contributed by atoms with Crippen molar-refractivity contribution in [1.29, 1.82) is 0 Å². The molecule has 0 radical (unpaired) electrons. The van der Waals surface area contributed by atoms with Crippen molar-refractivity contribution in [2.24, 2.45) is 0 Å². The van der Waals surface area contributed by atoms with E-state index in [1.807, 2.05) is 35.2 Å². The van der Waals surface area contributed by atoms with Crippen LogP contribution >= 0.6 is 0 Å². The van der Waals surface area contributed by atoms with E-state index in [-0.39, 0.29) is 11.8 Å². The van der Waals surface area contributed by atoms with Crippen LogP contribution in [-0.4, -0.2) is 80.9 Å². The summed E-state index contributed by atoms with van der Waals surface area (Å²) in [5.74, 6) is -0.138. The summed E-state index contributed by atoms with van der Waals surface area (Å²) in [6.07, 6.45) is 7.79. The van der Waals surface area contributed by atoms with Crippen LogP contribution in [0.4, 0.5) is 0 Å². The van der Waals surface area contributed by atoms with Crippen molar-refractivity contribution in [3.8, 4) is 11.3 Å². The van der Waals surface area contributed by atoms with Crippen LogP contribution in [0.3, 0.4) is 0 Å². The van der Waals surface area contributed by atoms with E-state index in [1.54, 1.807) is 32.0 Å². The van der Waals surface area contributed by atoms with Crippen molar-refractivity contribution in [3.05, 3.63) is 64.7 Å². The molecule has 3 aliphatic rings. The number of carbonyl (C=O) groups excluding carboxylic acids is 3. The number of fused-ring (bicyclic) bond motifs is 5. The molecule has 1 aliphatic carbocycles. The molecule has 2 fully saturated rings. The van der Waals surface area contributed by atoms with E-state index >= 15 is 0 Å². The second-order valence-electron chi connectivity index (χ2n) is 12.0. The minimum Gasteiger partial charge on any atom is -0.339 e. The molecule has 1 unspecified atom stereocenters. The van der Waals surface area contributed by atoms with Crippen LogP contribution in [0.25, 0.3) is 28.2 Å². The molecule has 44 heavy (non-hydrogen) atoms. The molecule has 6 rings (SSSR count). The lowest BCUT2D eigenvalue weighted by Gasteiger charge is -2.34. The number of rotatable bonds is 6. The normalized spacial score (nSPS) is 18.0. The number of nitrogens with one attached hydrogen (secondary N) is 1. The average molecular weight is 618 g/mol. The van der Waals surface area contributed by atoms with Gasteiger partial charge in [-0.2, -0.15) is 4.28 Å². The number of amides is 3. The highest BCUT2D eigenvalue weighted by Gasteiger charge is 2.32. The first kappa shape index (κ1) is 30.2. The van der Waals surface area contributed by atoms with Gasteiger partial charge in [0.15, 0.2) is 0 Å². The van der Waals surface area contributed by atoms with Gasteiger partial charge in [-0.15, -0.1) is 0 Å². The van der Waals surface area contributed by atoms with Crippen LogP contribution in [0.2, 0.25) is 0 Å². The molecule has 11 heteroatoms. The Balaban J connectivity index is 1.45. The molecule has 232 valence electrons. The number of carbonyl (C=O) groups is 3. The van der Waals surface area contributed by atoms with Crippen molar-refractivity contribution in [2.45, 2.75) is 51.5 Å². The van der Waals surface area contributed by atoms with Gasteiger partial charge in [-0.25, -0.2) is 14.0 Å². The van der Waals surface area contributed by atoms with E-state index in [9.17, 15) is 18.6 Å². The summed E-state index contributed by atoms with van der Waals surface area (Å²) >= 11 is -1.81. The number of hydrogen-bond acceptors (Lipinski definition) is 5. The molecule has 0 spiro atoms. The summed E-state index contributed by atoms with van der Waals surface area (Å²) in [5, 5.41) is 1.08. The minimum atomic E-state index is -1.81. The van der Waals surface area contributed by atoms with E-state index in [1.165, 1.54) is 29.1 Å². The van der Waals surface area contributed by atoms with Gasteiger partial charge in [-0.3, -0.25) is 14.4 Å². The summed E-state index contributed by atoms with van der Waals surface area (Å²) < 4.78 is 20.6. The van der Waals surface area contributed by atoms with Gasteiger partial charge in [0.25, 0.3) is 23.1 Å². The lowest BCUT2D eigenvalue weighted by molar-refractivity contribution is -0.136. The highest BCUT2D eigenvalue weighted by atomic mass is 32.2. The summed E-state index contributed by atoms with van der Waals surface area (Å²) in [6, 6.07) is 13.9. The van der Waals surface area contributed by atoms with Gasteiger partial charge in [0.1, 0.15) is 0 Å². The number of hydroxylamine groups is 1. The monoisotopic (exact) mass is 617 g/mol. The van der Waals surface area contributed by atoms with E-state index in [0.29, 0.717) is 49.8 Å². The highest BCUT2D eigenvalue weighted by molar-refractivity contribution is 7.77. The Labute approximate surface area is 260 Å². The Kier molecular flexibility index (Phi) is 8.70. The molecule has 1 atom stereocenters. The molecule has 3 amide bonds. The molecular formula is C33H39N5O5S. The summed E-state index contributed by atoms with van der Waals surface area (Å²) in [5.41, 5.74) is 8.68. The third kappa shape index (κ3) is 5.83. The fourth-order valence-electron chi connectivity index (χ4n) is 6.78. The Bertz CT molecular complexity index is 1660. The molecule has 3 aromatic rings. The Morgan fingerprint density at radius 1 is 0.955 bits per heavy atom. The summed E-state index contributed by atoms with van der Waals surface area (Å²) in [7, 11) is 3.18. The predicted octanol–water partition coefficient (Wildman–Crippen LogP) is 4.25. The Morgan fingerprint density at radius 2 is 1.66 bits per heavy atom. The second kappa shape index (κ2) is 12.7. The molecule has 1 saturated carbocycles. The van der Waals surface area contributed by atoms with E-state index in [0.717, 1.165) is 40.6 Å². The maximum absolute atomic E-state index is 14.1. The molecule has 2 aromatic carbocycles. The smallest absolute Gasteiger partial charge is 0.276 e. The lowest BCUT2D eigenvalue weighted by Crippen LogP contribution is -2.50. The zero-order chi connectivity index (χ0) is 31.0.